The first kappa shape index (κ1) is 24.2. The number of nitro groups is 1. The largest absolute Gasteiger partial charge is 0.457 e. The zero-order valence-corrected chi connectivity index (χ0v) is 19.2. The van der Waals surface area contributed by atoms with Gasteiger partial charge >= 0.3 is 0 Å². The summed E-state index contributed by atoms with van der Waals surface area (Å²) in [6.07, 6.45) is 2.06. The highest BCUT2D eigenvalue weighted by atomic mass is 16.6. The summed E-state index contributed by atoms with van der Waals surface area (Å²) in [6.45, 7) is 0.373. The lowest BCUT2D eigenvalue weighted by molar-refractivity contribution is -0.384. The summed E-state index contributed by atoms with van der Waals surface area (Å²) in [4.78, 5) is 36.3. The monoisotopic (exact) mass is 481 g/mol. The molecular weight excluding hydrogens is 458 g/mol. The number of carbonyl (C=O) groups is 2. The van der Waals surface area contributed by atoms with E-state index in [1.54, 1.807) is 54.6 Å². The van der Waals surface area contributed by atoms with Crippen molar-refractivity contribution in [2.24, 2.45) is 0 Å². The maximum atomic E-state index is 13.0. The molecule has 180 valence electrons. The molecule has 8 heteroatoms. The summed E-state index contributed by atoms with van der Waals surface area (Å²) < 4.78 is 5.82. The zero-order valence-electron chi connectivity index (χ0n) is 19.2. The molecule has 0 aliphatic rings. The van der Waals surface area contributed by atoms with Crippen molar-refractivity contribution in [2.45, 2.75) is 6.42 Å². The molecule has 4 rings (SSSR count). The van der Waals surface area contributed by atoms with Crippen molar-refractivity contribution in [3.05, 3.63) is 130 Å². The third kappa shape index (κ3) is 6.32. The van der Waals surface area contributed by atoms with E-state index >= 15 is 0 Å². The quantitative estimate of drug-likeness (QED) is 0.199. The molecule has 2 amide bonds. The summed E-state index contributed by atoms with van der Waals surface area (Å²) in [5, 5.41) is 16.6. The first-order valence-corrected chi connectivity index (χ1v) is 11.2. The van der Waals surface area contributed by atoms with Crippen LogP contribution in [-0.4, -0.2) is 23.3 Å². The first-order chi connectivity index (χ1) is 17.5. The number of rotatable bonds is 9. The van der Waals surface area contributed by atoms with Gasteiger partial charge in [0, 0.05) is 35.9 Å². The molecule has 0 bridgehead atoms. The number of carbonyl (C=O) groups excluding carboxylic acids is 2. The Kier molecular flexibility index (Phi) is 7.67. The summed E-state index contributed by atoms with van der Waals surface area (Å²) in [5.41, 5.74) is 1.94. The topological polar surface area (TPSA) is 114 Å². The van der Waals surface area contributed by atoms with Gasteiger partial charge in [-0.05, 0) is 36.2 Å². The van der Waals surface area contributed by atoms with Crippen molar-refractivity contribution < 1.29 is 18.9 Å². The van der Waals surface area contributed by atoms with E-state index in [0.717, 1.165) is 5.56 Å². The average Bonchev–Trinajstić information content (AvgIpc) is 3.38. The Hall–Kier alpha value is -4.98. The van der Waals surface area contributed by atoms with Gasteiger partial charge in [-0.3, -0.25) is 19.7 Å². The number of nitro benzene ring substituents is 1. The lowest BCUT2D eigenvalue weighted by atomic mass is 10.1. The van der Waals surface area contributed by atoms with Crippen LogP contribution in [0, 0.1) is 10.1 Å². The molecule has 0 aliphatic carbocycles. The summed E-state index contributed by atoms with van der Waals surface area (Å²) in [6, 6.07) is 27.6. The van der Waals surface area contributed by atoms with Crippen LogP contribution in [0.5, 0.6) is 0 Å². The molecule has 2 N–H and O–H groups in total. The van der Waals surface area contributed by atoms with Gasteiger partial charge in [-0.25, -0.2) is 0 Å². The average molecular weight is 482 g/mol. The molecule has 0 fully saturated rings. The fourth-order valence-corrected chi connectivity index (χ4v) is 3.50. The fraction of sp³-hybridized carbons (Fsp3) is 0.0714. The first-order valence-electron chi connectivity index (χ1n) is 11.2. The van der Waals surface area contributed by atoms with Crippen molar-refractivity contribution in [3.8, 4) is 11.3 Å². The van der Waals surface area contributed by atoms with Crippen LogP contribution in [0.3, 0.4) is 0 Å². The fourth-order valence-electron chi connectivity index (χ4n) is 3.50. The van der Waals surface area contributed by atoms with Crippen LogP contribution in [0.2, 0.25) is 0 Å². The number of hydrogen-bond donors (Lipinski definition) is 2. The molecule has 3 aromatic carbocycles. The standard InChI is InChI=1S/C28H23N3O5/c32-27(21-10-5-2-6-11-21)30-25(28(33)29-17-16-20-8-3-1-4-9-20)19-24-14-15-26(36-24)22-12-7-13-23(18-22)31(34)35/h1-15,18-19H,16-17H2,(H,29,33)(H,30,32)/b25-19+. The molecule has 0 atom stereocenters. The van der Waals surface area contributed by atoms with E-state index in [0.29, 0.717) is 35.6 Å². The number of non-ortho nitro benzene ring substituents is 1. The molecule has 0 radical (unpaired) electrons. The van der Waals surface area contributed by atoms with E-state index < -0.39 is 16.7 Å². The third-order valence-corrected chi connectivity index (χ3v) is 5.33. The second-order valence-corrected chi connectivity index (χ2v) is 7.88. The molecule has 8 nitrogen and oxygen atoms in total. The molecule has 0 saturated heterocycles. The predicted molar refractivity (Wildman–Crippen MR) is 136 cm³/mol. The maximum absolute atomic E-state index is 13.0. The van der Waals surface area contributed by atoms with Gasteiger partial charge in [-0.15, -0.1) is 0 Å². The molecule has 0 aliphatic heterocycles. The highest BCUT2D eigenvalue weighted by Crippen LogP contribution is 2.26. The SMILES string of the molecule is O=C(NCCc1ccccc1)/C(=C\c1ccc(-c2cccc([N+](=O)[O-])c2)o1)NC(=O)c1ccccc1. The minimum Gasteiger partial charge on any atom is -0.457 e. The molecular formula is C28H23N3O5. The molecule has 1 heterocycles. The molecule has 0 spiro atoms. The molecule has 0 saturated carbocycles. The van der Waals surface area contributed by atoms with Crippen LogP contribution < -0.4 is 10.6 Å². The number of benzene rings is 3. The number of nitrogens with zero attached hydrogens (tertiary/aromatic N) is 1. The Balaban J connectivity index is 1.55. The van der Waals surface area contributed by atoms with Crippen molar-refractivity contribution in [1.29, 1.82) is 0 Å². The zero-order chi connectivity index (χ0) is 25.3. The van der Waals surface area contributed by atoms with E-state index in [4.69, 9.17) is 4.42 Å². The molecule has 4 aromatic rings. The van der Waals surface area contributed by atoms with Gasteiger partial charge in [0.1, 0.15) is 17.2 Å². The molecule has 1 aromatic heterocycles. The number of amides is 2. The lowest BCUT2D eigenvalue weighted by Gasteiger charge is -2.11. The van der Waals surface area contributed by atoms with Crippen molar-refractivity contribution in [1.82, 2.24) is 10.6 Å². The summed E-state index contributed by atoms with van der Waals surface area (Å²) in [7, 11) is 0. The van der Waals surface area contributed by atoms with E-state index in [1.807, 2.05) is 30.3 Å². The van der Waals surface area contributed by atoms with E-state index in [2.05, 4.69) is 10.6 Å². The van der Waals surface area contributed by atoms with Crippen molar-refractivity contribution >= 4 is 23.6 Å². The van der Waals surface area contributed by atoms with Gasteiger partial charge in [0.15, 0.2) is 0 Å². The van der Waals surface area contributed by atoms with E-state index in [-0.39, 0.29) is 11.4 Å². The summed E-state index contributed by atoms with van der Waals surface area (Å²) in [5.74, 6) is -0.213. The van der Waals surface area contributed by atoms with Crippen molar-refractivity contribution in [3.63, 3.8) is 0 Å². The second-order valence-electron chi connectivity index (χ2n) is 7.88. The van der Waals surface area contributed by atoms with Crippen LogP contribution in [0.4, 0.5) is 5.69 Å². The third-order valence-electron chi connectivity index (χ3n) is 5.33. The van der Waals surface area contributed by atoms with Gasteiger partial charge in [0.25, 0.3) is 17.5 Å². The van der Waals surface area contributed by atoms with Crippen LogP contribution in [0.15, 0.2) is 107 Å². The van der Waals surface area contributed by atoms with Gasteiger partial charge in [0.2, 0.25) is 0 Å². The van der Waals surface area contributed by atoms with Gasteiger partial charge in [-0.1, -0.05) is 60.7 Å². The van der Waals surface area contributed by atoms with Crippen molar-refractivity contribution in [2.75, 3.05) is 6.54 Å². The lowest BCUT2D eigenvalue weighted by Crippen LogP contribution is -2.35. The van der Waals surface area contributed by atoms with Gasteiger partial charge in [-0.2, -0.15) is 0 Å². The Morgan fingerprint density at radius 2 is 1.61 bits per heavy atom. The Bertz CT molecular complexity index is 1390. The van der Waals surface area contributed by atoms with Crippen LogP contribution in [0.1, 0.15) is 21.7 Å². The maximum Gasteiger partial charge on any atom is 0.270 e. The van der Waals surface area contributed by atoms with Gasteiger partial charge < -0.3 is 15.1 Å². The molecule has 36 heavy (non-hydrogen) atoms. The van der Waals surface area contributed by atoms with Crippen LogP contribution in [-0.2, 0) is 11.2 Å². The van der Waals surface area contributed by atoms with Crippen LogP contribution in [0.25, 0.3) is 17.4 Å². The Morgan fingerprint density at radius 1 is 0.889 bits per heavy atom. The number of hydrogen-bond acceptors (Lipinski definition) is 5. The Labute approximate surface area is 207 Å². The number of furan rings is 1. The minimum atomic E-state index is -0.482. The highest BCUT2D eigenvalue weighted by molar-refractivity contribution is 6.05. The van der Waals surface area contributed by atoms with Gasteiger partial charge in [0.05, 0.1) is 4.92 Å². The van der Waals surface area contributed by atoms with E-state index in [9.17, 15) is 19.7 Å². The summed E-state index contributed by atoms with van der Waals surface area (Å²) >= 11 is 0. The smallest absolute Gasteiger partial charge is 0.270 e. The van der Waals surface area contributed by atoms with E-state index in [1.165, 1.54) is 18.2 Å². The predicted octanol–water partition coefficient (Wildman–Crippen LogP) is 4.98. The van der Waals surface area contributed by atoms with Crippen LogP contribution >= 0.6 is 0 Å². The minimum absolute atomic E-state index is 0.0110. The normalized spacial score (nSPS) is 11.1. The highest BCUT2D eigenvalue weighted by Gasteiger charge is 2.16. The second kappa shape index (κ2) is 11.4. The Morgan fingerprint density at radius 3 is 2.33 bits per heavy atom. The molecule has 0 unspecified atom stereocenters. The number of nitrogens with one attached hydrogen (secondary N) is 2.